The molecule has 0 amide bonds. The Labute approximate surface area is 76.5 Å². The predicted molar refractivity (Wildman–Crippen MR) is 56.6 cm³/mol. The van der Waals surface area contributed by atoms with E-state index < -0.39 is 14.2 Å². The fraction of sp³-hybridized carbons (Fsp3) is 0.600. The molecule has 0 aromatic carbocycles. The van der Waals surface area contributed by atoms with Crippen LogP contribution in [0.2, 0.25) is 19.6 Å². The first-order valence-electron chi connectivity index (χ1n) is 4.18. The van der Waals surface area contributed by atoms with Gasteiger partial charge in [0, 0.05) is 6.42 Å². The summed E-state index contributed by atoms with van der Waals surface area (Å²) in [6.07, 6.45) is 0.197. The van der Waals surface area contributed by atoms with E-state index in [-0.39, 0.29) is 0 Å². The molecule has 0 heterocycles. The lowest BCUT2D eigenvalue weighted by molar-refractivity contribution is 0.230. The van der Waals surface area contributed by atoms with Gasteiger partial charge in [0.2, 0.25) is 0 Å². The zero-order chi connectivity index (χ0) is 9.78. The molecule has 68 valence electrons. The van der Waals surface area contributed by atoms with Gasteiger partial charge >= 0.3 is 0 Å². The summed E-state index contributed by atoms with van der Waals surface area (Å²) < 4.78 is 0. The molecule has 0 bridgehead atoms. The molecular formula is C10H18OSi. The van der Waals surface area contributed by atoms with Crippen molar-refractivity contribution in [3.8, 4) is 11.5 Å². The van der Waals surface area contributed by atoms with Crippen molar-refractivity contribution >= 4 is 8.07 Å². The molecule has 0 saturated heterocycles. The second-order valence-corrected chi connectivity index (χ2v) is 8.81. The molecule has 2 heteroatoms. The van der Waals surface area contributed by atoms with Gasteiger partial charge in [-0.1, -0.05) is 26.2 Å². The Kier molecular flexibility index (Phi) is 4.29. The van der Waals surface area contributed by atoms with E-state index in [4.69, 9.17) is 5.11 Å². The van der Waals surface area contributed by atoms with Crippen molar-refractivity contribution in [2.75, 3.05) is 0 Å². The number of aliphatic hydroxyl groups excluding tert-OH is 1. The number of hydrogen-bond donors (Lipinski definition) is 1. The maximum Gasteiger partial charge on any atom is 0.129 e. The van der Waals surface area contributed by atoms with E-state index in [0.29, 0.717) is 6.42 Å². The number of aliphatic hydroxyl groups is 1. The Morgan fingerprint density at radius 1 is 1.50 bits per heavy atom. The number of rotatable bonds is 2. The lowest BCUT2D eigenvalue weighted by Crippen LogP contribution is -2.16. The van der Waals surface area contributed by atoms with E-state index in [2.05, 4.69) is 37.7 Å². The molecule has 0 aliphatic rings. The highest BCUT2D eigenvalue weighted by Crippen LogP contribution is 2.03. The standard InChI is InChI=1S/C10H18OSi/c1-9(10(2)11)7-6-8-12(3,4)5/h10-11H,1,7H2,2-5H3. The van der Waals surface area contributed by atoms with E-state index >= 15 is 0 Å². The summed E-state index contributed by atoms with van der Waals surface area (Å²) in [4.78, 5) is 0. The fourth-order valence-electron chi connectivity index (χ4n) is 0.571. The van der Waals surface area contributed by atoms with Gasteiger partial charge in [-0.2, -0.15) is 0 Å². The summed E-state index contributed by atoms with van der Waals surface area (Å²) in [6, 6.07) is 0. The van der Waals surface area contributed by atoms with Crippen LogP contribution in [-0.2, 0) is 0 Å². The summed E-state index contributed by atoms with van der Waals surface area (Å²) in [5, 5.41) is 9.09. The average Bonchev–Trinajstić information content (AvgIpc) is 1.84. The summed E-state index contributed by atoms with van der Waals surface area (Å²) in [5.74, 6) is 3.06. The first-order chi connectivity index (χ1) is 5.33. The minimum atomic E-state index is -1.24. The summed E-state index contributed by atoms with van der Waals surface area (Å²) >= 11 is 0. The van der Waals surface area contributed by atoms with Gasteiger partial charge in [-0.25, -0.2) is 0 Å². The second-order valence-electron chi connectivity index (χ2n) is 4.06. The van der Waals surface area contributed by atoms with E-state index in [1.165, 1.54) is 0 Å². The predicted octanol–water partition coefficient (Wildman–Crippen LogP) is 2.19. The molecule has 0 aliphatic heterocycles. The van der Waals surface area contributed by atoms with Crippen LogP contribution in [0, 0.1) is 11.5 Å². The minimum absolute atomic E-state index is 0.430. The third kappa shape index (κ3) is 6.20. The van der Waals surface area contributed by atoms with E-state index in [1.807, 2.05) is 0 Å². The number of hydrogen-bond acceptors (Lipinski definition) is 1. The molecule has 1 nitrogen and oxygen atoms in total. The van der Waals surface area contributed by atoms with E-state index in [1.54, 1.807) is 6.92 Å². The third-order valence-electron chi connectivity index (χ3n) is 1.37. The third-order valence-corrected chi connectivity index (χ3v) is 2.30. The molecule has 0 aliphatic carbocycles. The molecule has 0 aromatic heterocycles. The lowest BCUT2D eigenvalue weighted by Gasteiger charge is -2.05. The van der Waals surface area contributed by atoms with Crippen LogP contribution in [0.3, 0.4) is 0 Å². The summed E-state index contributed by atoms with van der Waals surface area (Å²) in [5.41, 5.74) is 4.03. The van der Waals surface area contributed by atoms with Crippen molar-refractivity contribution in [2.24, 2.45) is 0 Å². The van der Waals surface area contributed by atoms with E-state index in [9.17, 15) is 0 Å². The Bertz CT molecular complexity index is 212. The first-order valence-corrected chi connectivity index (χ1v) is 7.68. The lowest BCUT2D eigenvalue weighted by atomic mass is 10.1. The zero-order valence-corrected chi connectivity index (χ0v) is 9.44. The Morgan fingerprint density at radius 3 is 2.33 bits per heavy atom. The smallest absolute Gasteiger partial charge is 0.129 e. The molecule has 0 saturated carbocycles. The van der Waals surface area contributed by atoms with Crippen molar-refractivity contribution in [2.45, 2.75) is 39.1 Å². The molecule has 0 fully saturated rings. The molecule has 0 radical (unpaired) electrons. The van der Waals surface area contributed by atoms with Gasteiger partial charge in [0.25, 0.3) is 0 Å². The average molecular weight is 182 g/mol. The van der Waals surface area contributed by atoms with Gasteiger partial charge in [-0.15, -0.1) is 11.5 Å². The van der Waals surface area contributed by atoms with Crippen LogP contribution in [-0.4, -0.2) is 19.3 Å². The van der Waals surface area contributed by atoms with Crippen molar-refractivity contribution < 1.29 is 5.11 Å². The maximum atomic E-state index is 9.09. The molecule has 0 aromatic rings. The van der Waals surface area contributed by atoms with Gasteiger partial charge in [0.15, 0.2) is 0 Å². The van der Waals surface area contributed by atoms with Crippen molar-refractivity contribution in [3.05, 3.63) is 12.2 Å². The van der Waals surface area contributed by atoms with Crippen molar-refractivity contribution in [1.82, 2.24) is 0 Å². The SMILES string of the molecule is C=C(CC#C[Si](C)(C)C)C(C)O. The maximum absolute atomic E-state index is 9.09. The highest BCUT2D eigenvalue weighted by molar-refractivity contribution is 6.83. The Balaban J connectivity index is 3.96. The largest absolute Gasteiger partial charge is 0.389 e. The molecule has 0 spiro atoms. The van der Waals surface area contributed by atoms with Gasteiger partial charge in [0.05, 0.1) is 6.10 Å². The van der Waals surface area contributed by atoms with Gasteiger partial charge < -0.3 is 5.11 Å². The van der Waals surface area contributed by atoms with Crippen LogP contribution in [0.15, 0.2) is 12.2 Å². The highest BCUT2D eigenvalue weighted by atomic mass is 28.3. The fourth-order valence-corrected chi connectivity index (χ4v) is 1.19. The van der Waals surface area contributed by atoms with Gasteiger partial charge in [-0.3, -0.25) is 0 Å². The Hall–Kier alpha value is -0.523. The summed E-state index contributed by atoms with van der Waals surface area (Å²) in [7, 11) is -1.24. The monoisotopic (exact) mass is 182 g/mol. The van der Waals surface area contributed by atoms with Crippen LogP contribution in [0.5, 0.6) is 0 Å². The van der Waals surface area contributed by atoms with Crippen LogP contribution >= 0.6 is 0 Å². The normalized spacial score (nSPS) is 13.1. The van der Waals surface area contributed by atoms with Gasteiger partial charge in [0.1, 0.15) is 8.07 Å². The van der Waals surface area contributed by atoms with E-state index in [0.717, 1.165) is 5.57 Å². The van der Waals surface area contributed by atoms with Crippen LogP contribution < -0.4 is 0 Å². The van der Waals surface area contributed by atoms with Crippen molar-refractivity contribution in [1.29, 1.82) is 0 Å². The minimum Gasteiger partial charge on any atom is -0.389 e. The van der Waals surface area contributed by atoms with Crippen molar-refractivity contribution in [3.63, 3.8) is 0 Å². The molecular weight excluding hydrogens is 164 g/mol. The van der Waals surface area contributed by atoms with Crippen LogP contribution in [0.25, 0.3) is 0 Å². The van der Waals surface area contributed by atoms with Crippen LogP contribution in [0.4, 0.5) is 0 Å². The molecule has 1 unspecified atom stereocenters. The molecule has 1 N–H and O–H groups in total. The second kappa shape index (κ2) is 4.49. The molecule has 0 rings (SSSR count). The molecule has 1 atom stereocenters. The highest BCUT2D eigenvalue weighted by Gasteiger charge is 2.07. The first kappa shape index (κ1) is 11.5. The Morgan fingerprint density at radius 2 is 2.00 bits per heavy atom. The van der Waals surface area contributed by atoms with Crippen LogP contribution in [0.1, 0.15) is 13.3 Å². The quantitative estimate of drug-likeness (QED) is 0.394. The molecule has 12 heavy (non-hydrogen) atoms. The topological polar surface area (TPSA) is 20.2 Å². The van der Waals surface area contributed by atoms with Gasteiger partial charge in [-0.05, 0) is 12.5 Å². The summed E-state index contributed by atoms with van der Waals surface area (Å²) in [6.45, 7) is 12.1. The zero-order valence-electron chi connectivity index (χ0n) is 8.44.